The molecule has 1 aromatic rings. The van der Waals surface area contributed by atoms with Gasteiger partial charge in [0.25, 0.3) is 0 Å². The number of benzene rings is 1. The van der Waals surface area contributed by atoms with E-state index in [-0.39, 0.29) is 5.91 Å². The third kappa shape index (κ3) is 2.42. The number of halogens is 1. The second kappa shape index (κ2) is 5.34. The van der Waals surface area contributed by atoms with Crippen LogP contribution in [0, 0.1) is 11.8 Å². The maximum Gasteiger partial charge on any atom is 0.240 e. The minimum absolute atomic E-state index is 0.00418. The maximum absolute atomic E-state index is 13.0. The molecule has 1 aliphatic heterocycles. The zero-order chi connectivity index (χ0) is 15.0. The van der Waals surface area contributed by atoms with Crippen LogP contribution >= 0.6 is 11.6 Å². The van der Waals surface area contributed by atoms with Crippen LogP contribution in [-0.2, 0) is 9.59 Å². The Balaban J connectivity index is 2.00. The number of hydrogen-bond acceptors (Lipinski definition) is 2. The predicted octanol–water partition coefficient (Wildman–Crippen LogP) is 2.70. The van der Waals surface area contributed by atoms with Crippen molar-refractivity contribution in [3.8, 4) is 0 Å². The molecule has 1 saturated heterocycles. The molecule has 0 aromatic heterocycles. The average molecular weight is 306 g/mol. The van der Waals surface area contributed by atoms with E-state index < -0.39 is 17.4 Å². The average Bonchev–Trinajstić information content (AvgIpc) is 2.74. The van der Waals surface area contributed by atoms with Crippen LogP contribution in [0.3, 0.4) is 0 Å². The highest BCUT2D eigenvalue weighted by Crippen LogP contribution is 2.48. The first-order valence-corrected chi connectivity index (χ1v) is 7.61. The number of anilines is 1. The van der Waals surface area contributed by atoms with Gasteiger partial charge in [-0.25, -0.2) is 0 Å². The molecule has 5 heteroatoms. The molecule has 1 spiro atoms. The van der Waals surface area contributed by atoms with Crippen LogP contribution in [0.15, 0.2) is 24.3 Å². The molecular weight excluding hydrogens is 288 g/mol. The summed E-state index contributed by atoms with van der Waals surface area (Å²) in [6, 6.07) is 6.45. The standard InChI is InChI=1S/C16H18ClN2O2/c17-11-5-4-6-12(9-11)19-13(14(18)20)10-16(15(19)21)7-2-1-3-8-16/h2,4-6,9,13H,1,3,7-8,10H2,(H2,18,20)/t13?,16-/m0/s1. The molecule has 21 heavy (non-hydrogen) atoms. The molecule has 1 radical (unpaired) electrons. The molecule has 111 valence electrons. The van der Waals surface area contributed by atoms with Crippen LogP contribution < -0.4 is 10.6 Å². The van der Waals surface area contributed by atoms with Gasteiger partial charge in [-0.2, -0.15) is 0 Å². The number of carbonyl (C=O) groups excluding carboxylic acids is 2. The second-order valence-corrected chi connectivity index (χ2v) is 6.38. The van der Waals surface area contributed by atoms with Crippen molar-refractivity contribution in [2.24, 2.45) is 11.1 Å². The third-order valence-electron chi connectivity index (χ3n) is 4.58. The van der Waals surface area contributed by atoms with Gasteiger partial charge in [-0.1, -0.05) is 30.5 Å². The van der Waals surface area contributed by atoms with Gasteiger partial charge in [0, 0.05) is 10.7 Å². The SMILES string of the molecule is NC(=O)C1C[C@@]2(C[CH]CCC2)C(=O)N1c1cccc(Cl)c1. The van der Waals surface area contributed by atoms with E-state index in [1.54, 1.807) is 29.2 Å². The molecule has 2 atom stereocenters. The number of amides is 2. The Kier molecular flexibility index (Phi) is 3.66. The summed E-state index contributed by atoms with van der Waals surface area (Å²) < 4.78 is 0. The van der Waals surface area contributed by atoms with Crippen molar-refractivity contribution in [1.82, 2.24) is 0 Å². The zero-order valence-electron chi connectivity index (χ0n) is 11.7. The highest BCUT2D eigenvalue weighted by Gasteiger charge is 2.53. The van der Waals surface area contributed by atoms with Crippen LogP contribution in [0.4, 0.5) is 5.69 Å². The van der Waals surface area contributed by atoms with E-state index >= 15 is 0 Å². The molecule has 1 aromatic carbocycles. The highest BCUT2D eigenvalue weighted by molar-refractivity contribution is 6.31. The Morgan fingerprint density at radius 1 is 1.43 bits per heavy atom. The number of carbonyl (C=O) groups is 2. The summed E-state index contributed by atoms with van der Waals surface area (Å²) in [5.74, 6) is -0.449. The van der Waals surface area contributed by atoms with Gasteiger partial charge < -0.3 is 5.73 Å². The quantitative estimate of drug-likeness (QED) is 0.913. The first-order chi connectivity index (χ1) is 10.0. The molecule has 2 N–H and O–H groups in total. The molecule has 2 aliphatic rings. The van der Waals surface area contributed by atoms with E-state index in [4.69, 9.17) is 17.3 Å². The summed E-state index contributed by atoms with van der Waals surface area (Å²) in [5, 5.41) is 0.541. The second-order valence-electron chi connectivity index (χ2n) is 5.94. The molecular formula is C16H18ClN2O2. The summed E-state index contributed by atoms with van der Waals surface area (Å²) in [6.07, 6.45) is 6.23. The molecule has 3 rings (SSSR count). The van der Waals surface area contributed by atoms with E-state index in [0.717, 1.165) is 25.7 Å². The van der Waals surface area contributed by atoms with Crippen LogP contribution in [-0.4, -0.2) is 17.9 Å². The largest absolute Gasteiger partial charge is 0.368 e. The molecule has 2 amide bonds. The minimum Gasteiger partial charge on any atom is -0.368 e. The summed E-state index contributed by atoms with van der Waals surface area (Å²) in [4.78, 5) is 26.3. The van der Waals surface area contributed by atoms with Gasteiger partial charge in [-0.05, 0) is 43.9 Å². The van der Waals surface area contributed by atoms with Crippen LogP contribution in [0.1, 0.15) is 32.1 Å². The van der Waals surface area contributed by atoms with E-state index in [0.29, 0.717) is 17.1 Å². The fourth-order valence-electron chi connectivity index (χ4n) is 3.54. The Labute approximate surface area is 129 Å². The fraction of sp³-hybridized carbons (Fsp3) is 0.438. The van der Waals surface area contributed by atoms with Crippen LogP contribution in [0.25, 0.3) is 0 Å². The Morgan fingerprint density at radius 2 is 2.24 bits per heavy atom. The molecule has 1 unspecified atom stereocenters. The van der Waals surface area contributed by atoms with Gasteiger partial charge >= 0.3 is 0 Å². The highest BCUT2D eigenvalue weighted by atomic mass is 35.5. The van der Waals surface area contributed by atoms with Gasteiger partial charge in [-0.3, -0.25) is 14.5 Å². The van der Waals surface area contributed by atoms with Gasteiger partial charge in [0.1, 0.15) is 6.04 Å². The van der Waals surface area contributed by atoms with Crippen molar-refractivity contribution in [2.45, 2.75) is 38.1 Å². The predicted molar refractivity (Wildman–Crippen MR) is 81.7 cm³/mol. The number of hydrogen-bond donors (Lipinski definition) is 1. The van der Waals surface area contributed by atoms with Gasteiger partial charge in [0.05, 0.1) is 5.41 Å². The van der Waals surface area contributed by atoms with Crippen molar-refractivity contribution in [3.63, 3.8) is 0 Å². The zero-order valence-corrected chi connectivity index (χ0v) is 12.5. The normalized spacial score (nSPS) is 24.5. The Bertz CT molecular complexity index is 581. The summed E-state index contributed by atoms with van der Waals surface area (Å²) in [7, 11) is 0. The summed E-state index contributed by atoms with van der Waals surface area (Å²) in [5.41, 5.74) is 5.73. The van der Waals surface area contributed by atoms with Crippen molar-refractivity contribution < 1.29 is 9.59 Å². The third-order valence-corrected chi connectivity index (χ3v) is 4.82. The minimum atomic E-state index is -0.581. The molecule has 1 heterocycles. The summed E-state index contributed by atoms with van der Waals surface area (Å²) in [6.45, 7) is 0. The van der Waals surface area contributed by atoms with Crippen molar-refractivity contribution >= 4 is 29.1 Å². The van der Waals surface area contributed by atoms with E-state index in [1.165, 1.54) is 0 Å². The van der Waals surface area contributed by atoms with Gasteiger partial charge in [0.2, 0.25) is 11.8 Å². The smallest absolute Gasteiger partial charge is 0.240 e. The van der Waals surface area contributed by atoms with E-state index in [2.05, 4.69) is 6.42 Å². The molecule has 2 fully saturated rings. The monoisotopic (exact) mass is 305 g/mol. The van der Waals surface area contributed by atoms with Crippen LogP contribution in [0.5, 0.6) is 0 Å². The first kappa shape index (κ1) is 14.4. The van der Waals surface area contributed by atoms with Gasteiger partial charge in [0.15, 0.2) is 0 Å². The maximum atomic E-state index is 13.0. The van der Waals surface area contributed by atoms with Gasteiger partial charge in [-0.15, -0.1) is 0 Å². The lowest BCUT2D eigenvalue weighted by molar-refractivity contribution is -0.126. The number of primary amides is 1. The lowest BCUT2D eigenvalue weighted by atomic mass is 9.72. The van der Waals surface area contributed by atoms with Crippen molar-refractivity contribution in [2.75, 3.05) is 4.90 Å². The molecule has 4 nitrogen and oxygen atoms in total. The molecule has 0 bridgehead atoms. The Hall–Kier alpha value is -1.55. The summed E-state index contributed by atoms with van der Waals surface area (Å²) >= 11 is 6.02. The Morgan fingerprint density at radius 3 is 2.86 bits per heavy atom. The number of nitrogens with zero attached hydrogens (tertiary/aromatic N) is 1. The molecule has 1 saturated carbocycles. The lowest BCUT2D eigenvalue weighted by Gasteiger charge is -2.31. The fourth-order valence-corrected chi connectivity index (χ4v) is 3.73. The van der Waals surface area contributed by atoms with Crippen molar-refractivity contribution in [1.29, 1.82) is 0 Å². The van der Waals surface area contributed by atoms with E-state index in [9.17, 15) is 9.59 Å². The van der Waals surface area contributed by atoms with E-state index in [1.807, 2.05) is 0 Å². The van der Waals surface area contributed by atoms with Crippen molar-refractivity contribution in [3.05, 3.63) is 35.7 Å². The number of nitrogens with two attached hydrogens (primary N) is 1. The van der Waals surface area contributed by atoms with Crippen LogP contribution in [0.2, 0.25) is 5.02 Å². The number of rotatable bonds is 2. The first-order valence-electron chi connectivity index (χ1n) is 7.24. The lowest BCUT2D eigenvalue weighted by Crippen LogP contribution is -2.43. The topological polar surface area (TPSA) is 63.4 Å². The molecule has 1 aliphatic carbocycles.